The minimum absolute atomic E-state index is 0.641. The summed E-state index contributed by atoms with van der Waals surface area (Å²) in [6, 6.07) is 45.6. The summed E-state index contributed by atoms with van der Waals surface area (Å²) in [6.45, 7) is 0. The summed E-state index contributed by atoms with van der Waals surface area (Å²) in [7, 11) is 0. The molecule has 5 heteroatoms. The molecule has 8 rings (SSSR count). The van der Waals surface area contributed by atoms with E-state index in [1.54, 1.807) is 11.3 Å². The molecule has 0 fully saturated rings. The van der Waals surface area contributed by atoms with Gasteiger partial charge in [0.15, 0.2) is 17.5 Å². The lowest BCUT2D eigenvalue weighted by atomic mass is 10.0. The fourth-order valence-corrected chi connectivity index (χ4v) is 6.57. The van der Waals surface area contributed by atoms with E-state index in [1.165, 1.54) is 25.6 Å². The first-order chi connectivity index (χ1) is 20.3. The highest BCUT2D eigenvalue weighted by molar-refractivity contribution is 7.26. The Morgan fingerprint density at radius 3 is 1.51 bits per heavy atom. The third kappa shape index (κ3) is 4.15. The van der Waals surface area contributed by atoms with Crippen molar-refractivity contribution in [3.63, 3.8) is 0 Å². The van der Waals surface area contributed by atoms with E-state index in [9.17, 15) is 0 Å². The van der Waals surface area contributed by atoms with Crippen LogP contribution in [0.3, 0.4) is 0 Å². The third-order valence-electron chi connectivity index (χ3n) is 7.33. The summed E-state index contributed by atoms with van der Waals surface area (Å²) in [6.07, 6.45) is 0. The number of rotatable bonds is 4. The van der Waals surface area contributed by atoms with E-state index in [0.29, 0.717) is 17.5 Å². The van der Waals surface area contributed by atoms with Gasteiger partial charge in [-0.25, -0.2) is 19.9 Å². The highest BCUT2D eigenvalue weighted by atomic mass is 32.1. The Bertz CT molecular complexity index is 2130. The summed E-state index contributed by atoms with van der Waals surface area (Å²) in [5.41, 5.74) is 5.91. The minimum Gasteiger partial charge on any atom is -0.246 e. The van der Waals surface area contributed by atoms with Gasteiger partial charge in [0.05, 0.1) is 15.9 Å². The van der Waals surface area contributed by atoms with Gasteiger partial charge in [0.25, 0.3) is 0 Å². The second-order valence-corrected chi connectivity index (χ2v) is 10.9. The highest BCUT2D eigenvalue weighted by Gasteiger charge is 2.17. The molecule has 0 bridgehead atoms. The maximum Gasteiger partial charge on any atom is 0.164 e. The van der Waals surface area contributed by atoms with Gasteiger partial charge >= 0.3 is 0 Å². The van der Waals surface area contributed by atoms with E-state index in [-0.39, 0.29) is 0 Å². The van der Waals surface area contributed by atoms with E-state index in [0.717, 1.165) is 33.5 Å². The van der Waals surface area contributed by atoms with Crippen LogP contribution in [0, 0.1) is 0 Å². The maximum absolute atomic E-state index is 5.15. The van der Waals surface area contributed by atoms with Crippen LogP contribution in [-0.2, 0) is 0 Å². The van der Waals surface area contributed by atoms with E-state index in [4.69, 9.17) is 19.9 Å². The first-order valence-electron chi connectivity index (χ1n) is 13.5. The Balaban J connectivity index is 1.28. The van der Waals surface area contributed by atoms with Crippen LogP contribution in [0.5, 0.6) is 0 Å². The lowest BCUT2D eigenvalue weighted by Crippen LogP contribution is -2.00. The van der Waals surface area contributed by atoms with Crippen molar-refractivity contribution in [2.24, 2.45) is 0 Å². The van der Waals surface area contributed by atoms with E-state index in [1.807, 2.05) is 60.7 Å². The zero-order chi connectivity index (χ0) is 27.2. The summed E-state index contributed by atoms with van der Waals surface area (Å²) < 4.78 is 2.47. The first kappa shape index (κ1) is 23.6. The number of benzene rings is 5. The molecule has 5 aromatic carbocycles. The van der Waals surface area contributed by atoms with E-state index in [2.05, 4.69) is 72.8 Å². The zero-order valence-electron chi connectivity index (χ0n) is 21.9. The van der Waals surface area contributed by atoms with Crippen LogP contribution in [-0.4, -0.2) is 19.9 Å². The average Bonchev–Trinajstić information content (AvgIpc) is 3.45. The van der Waals surface area contributed by atoms with Gasteiger partial charge in [-0.2, -0.15) is 0 Å². The molecule has 192 valence electrons. The fraction of sp³-hybridized carbons (Fsp3) is 0. The highest BCUT2D eigenvalue weighted by Crippen LogP contribution is 2.42. The number of aromatic nitrogens is 4. The Morgan fingerprint density at radius 2 is 0.878 bits per heavy atom. The molecule has 0 spiro atoms. The quantitative estimate of drug-likeness (QED) is 0.222. The van der Waals surface area contributed by atoms with Crippen molar-refractivity contribution in [2.75, 3.05) is 0 Å². The molecule has 3 aromatic heterocycles. The second-order valence-electron chi connectivity index (χ2n) is 9.90. The van der Waals surface area contributed by atoms with Crippen LogP contribution < -0.4 is 0 Å². The Kier molecular flexibility index (Phi) is 5.61. The van der Waals surface area contributed by atoms with Crippen molar-refractivity contribution in [1.29, 1.82) is 0 Å². The lowest BCUT2D eigenvalue weighted by molar-refractivity contribution is 1.07. The topological polar surface area (TPSA) is 51.6 Å². The van der Waals surface area contributed by atoms with Crippen LogP contribution in [0.4, 0.5) is 0 Å². The Morgan fingerprint density at radius 1 is 0.390 bits per heavy atom. The number of pyridine rings is 1. The predicted octanol–water partition coefficient (Wildman–Crippen LogP) is 9.46. The molecule has 0 aliphatic rings. The van der Waals surface area contributed by atoms with Crippen molar-refractivity contribution in [3.8, 4) is 45.4 Å². The number of para-hydroxylation sites is 1. The fourth-order valence-electron chi connectivity index (χ4n) is 5.34. The minimum atomic E-state index is 0.641. The summed E-state index contributed by atoms with van der Waals surface area (Å²) >= 11 is 1.80. The van der Waals surface area contributed by atoms with Crippen LogP contribution in [0.2, 0.25) is 0 Å². The van der Waals surface area contributed by atoms with Crippen molar-refractivity contribution >= 4 is 42.4 Å². The van der Waals surface area contributed by atoms with Gasteiger partial charge in [0, 0.05) is 43.1 Å². The van der Waals surface area contributed by atoms with Gasteiger partial charge in [0.1, 0.15) is 0 Å². The Labute approximate surface area is 240 Å². The molecule has 0 N–H and O–H groups in total. The van der Waals surface area contributed by atoms with Crippen LogP contribution in [0.25, 0.3) is 76.5 Å². The number of hydrogen-bond donors (Lipinski definition) is 0. The van der Waals surface area contributed by atoms with Crippen molar-refractivity contribution in [3.05, 3.63) is 133 Å². The summed E-state index contributed by atoms with van der Waals surface area (Å²) in [5, 5.41) is 3.73. The summed E-state index contributed by atoms with van der Waals surface area (Å²) in [4.78, 5) is 19.7. The molecule has 0 aliphatic carbocycles. The predicted molar refractivity (Wildman–Crippen MR) is 170 cm³/mol. The standard InChI is InChI=1S/C36H22N4S/c1-3-11-24(12-4-1)34-38-35(25-13-5-2-6-14-25)40-36(39-34)26-21-19-23(20-22-26)32-33-31(27-15-7-9-17-29(27)37-32)28-16-8-10-18-30(28)41-33/h1-22H. The molecule has 0 saturated heterocycles. The SMILES string of the molecule is c1ccc(-c2nc(-c3ccccc3)nc(-c3ccc(-c4nc5ccccc5c5c4sc4ccccc45)cc3)n2)cc1. The number of fused-ring (bicyclic) bond motifs is 5. The number of nitrogens with zero attached hydrogens (tertiary/aromatic N) is 4. The van der Waals surface area contributed by atoms with Crippen LogP contribution in [0.15, 0.2) is 133 Å². The van der Waals surface area contributed by atoms with Crippen LogP contribution >= 0.6 is 11.3 Å². The number of hydrogen-bond acceptors (Lipinski definition) is 5. The molecule has 0 saturated carbocycles. The first-order valence-corrected chi connectivity index (χ1v) is 14.3. The molecule has 4 nitrogen and oxygen atoms in total. The monoisotopic (exact) mass is 542 g/mol. The van der Waals surface area contributed by atoms with Gasteiger partial charge in [-0.15, -0.1) is 11.3 Å². The molecule has 41 heavy (non-hydrogen) atoms. The Hall–Kier alpha value is -5.26. The molecule has 0 radical (unpaired) electrons. The molecule has 0 atom stereocenters. The second kappa shape index (κ2) is 9.73. The maximum atomic E-state index is 5.15. The molecule has 3 heterocycles. The smallest absolute Gasteiger partial charge is 0.164 e. The number of thiophene rings is 1. The summed E-state index contributed by atoms with van der Waals surface area (Å²) in [5.74, 6) is 1.95. The van der Waals surface area contributed by atoms with Gasteiger partial charge < -0.3 is 0 Å². The van der Waals surface area contributed by atoms with Gasteiger partial charge in [0.2, 0.25) is 0 Å². The molecule has 0 amide bonds. The van der Waals surface area contributed by atoms with Gasteiger partial charge in [-0.05, 0) is 12.1 Å². The zero-order valence-corrected chi connectivity index (χ0v) is 22.7. The molecule has 8 aromatic rings. The average molecular weight is 543 g/mol. The van der Waals surface area contributed by atoms with E-state index >= 15 is 0 Å². The normalized spacial score (nSPS) is 11.4. The largest absolute Gasteiger partial charge is 0.246 e. The molecular weight excluding hydrogens is 520 g/mol. The van der Waals surface area contributed by atoms with Crippen molar-refractivity contribution in [2.45, 2.75) is 0 Å². The van der Waals surface area contributed by atoms with Gasteiger partial charge in [-0.3, -0.25) is 0 Å². The van der Waals surface area contributed by atoms with Gasteiger partial charge in [-0.1, -0.05) is 121 Å². The third-order valence-corrected chi connectivity index (χ3v) is 8.51. The molecule has 0 unspecified atom stereocenters. The molecule has 0 aliphatic heterocycles. The van der Waals surface area contributed by atoms with Crippen molar-refractivity contribution in [1.82, 2.24) is 19.9 Å². The molecular formula is C36H22N4S. The lowest BCUT2D eigenvalue weighted by Gasteiger charge is -2.10. The van der Waals surface area contributed by atoms with Crippen LogP contribution in [0.1, 0.15) is 0 Å². The van der Waals surface area contributed by atoms with Crippen molar-refractivity contribution < 1.29 is 0 Å². The van der Waals surface area contributed by atoms with E-state index < -0.39 is 0 Å².